The lowest BCUT2D eigenvalue weighted by atomic mass is 10.2. The van der Waals surface area contributed by atoms with Crippen LogP contribution >= 0.6 is 11.6 Å². The van der Waals surface area contributed by atoms with Gasteiger partial charge in [-0.25, -0.2) is 4.98 Å². The largest absolute Gasteiger partial charge is 0.497 e. The van der Waals surface area contributed by atoms with E-state index < -0.39 is 0 Å². The van der Waals surface area contributed by atoms with Crippen LogP contribution in [0.4, 0.5) is 11.9 Å². The highest BCUT2D eigenvalue weighted by Gasteiger charge is 2.11. The summed E-state index contributed by atoms with van der Waals surface area (Å²) in [6, 6.07) is 17.3. The molecule has 0 aliphatic rings. The van der Waals surface area contributed by atoms with Crippen LogP contribution in [0.15, 0.2) is 54.6 Å². The van der Waals surface area contributed by atoms with Crippen LogP contribution in [0, 0.1) is 0 Å². The normalized spacial score (nSPS) is 10.8. The van der Waals surface area contributed by atoms with Crippen LogP contribution in [-0.2, 0) is 13.1 Å². The number of rotatable bonds is 8. The topological polar surface area (TPSA) is 85.6 Å². The number of fused-ring (bicyclic) bond motifs is 1. The maximum absolute atomic E-state index is 6.17. The molecule has 4 aromatic rings. The molecule has 0 spiro atoms. The molecule has 0 fully saturated rings. The summed E-state index contributed by atoms with van der Waals surface area (Å²) in [5.41, 5.74) is 2.76. The molecule has 2 heterocycles. The molecule has 0 saturated carbocycles. The van der Waals surface area contributed by atoms with Gasteiger partial charge in [0.15, 0.2) is 5.65 Å². The van der Waals surface area contributed by atoms with Crippen molar-refractivity contribution in [2.24, 2.45) is 0 Å². The van der Waals surface area contributed by atoms with Crippen molar-refractivity contribution in [3.63, 3.8) is 0 Å². The maximum Gasteiger partial charge on any atom is 0.243 e. The first-order valence-electron chi connectivity index (χ1n) is 9.31. The average molecular weight is 425 g/mol. The van der Waals surface area contributed by atoms with Crippen LogP contribution in [0.5, 0.6) is 11.5 Å². The fourth-order valence-electron chi connectivity index (χ4n) is 2.90. The molecule has 2 aromatic carbocycles. The van der Waals surface area contributed by atoms with Crippen molar-refractivity contribution in [2.75, 3.05) is 24.9 Å². The Kier molecular flexibility index (Phi) is 5.85. The van der Waals surface area contributed by atoms with Crippen LogP contribution in [0.25, 0.3) is 5.65 Å². The predicted molar refractivity (Wildman–Crippen MR) is 116 cm³/mol. The highest BCUT2D eigenvalue weighted by molar-refractivity contribution is 6.29. The molecule has 8 nitrogen and oxygen atoms in total. The van der Waals surface area contributed by atoms with E-state index >= 15 is 0 Å². The van der Waals surface area contributed by atoms with Crippen LogP contribution < -0.4 is 20.1 Å². The van der Waals surface area contributed by atoms with Gasteiger partial charge in [-0.1, -0.05) is 35.9 Å². The number of anilines is 2. The van der Waals surface area contributed by atoms with E-state index in [1.165, 1.54) is 0 Å². The number of nitrogens with zero attached hydrogens (tertiary/aromatic N) is 4. The molecule has 9 heteroatoms. The molecule has 0 unspecified atom stereocenters. The van der Waals surface area contributed by atoms with Crippen molar-refractivity contribution in [2.45, 2.75) is 13.1 Å². The van der Waals surface area contributed by atoms with Crippen LogP contribution in [0.1, 0.15) is 11.1 Å². The third-order valence-electron chi connectivity index (χ3n) is 4.51. The van der Waals surface area contributed by atoms with Gasteiger partial charge in [0.2, 0.25) is 11.9 Å². The summed E-state index contributed by atoms with van der Waals surface area (Å²) in [5, 5.41) is 11.3. The Morgan fingerprint density at radius 1 is 0.833 bits per heavy atom. The van der Waals surface area contributed by atoms with Crippen molar-refractivity contribution in [1.82, 2.24) is 19.6 Å². The predicted octanol–water partition coefficient (Wildman–Crippen LogP) is 4.02. The number of halogens is 1. The first-order chi connectivity index (χ1) is 14.6. The average Bonchev–Trinajstić information content (AvgIpc) is 3.19. The van der Waals surface area contributed by atoms with Gasteiger partial charge in [0, 0.05) is 19.2 Å². The molecule has 0 radical (unpaired) electrons. The summed E-state index contributed by atoms with van der Waals surface area (Å²) in [6.45, 7) is 1.14. The number of benzene rings is 2. The van der Waals surface area contributed by atoms with Gasteiger partial charge in [-0.15, -0.1) is 5.10 Å². The standard InChI is InChI=1S/C21H21ClN6O2/c1-29-16-7-3-14(4-8-16)12-23-20-26-19-11-18(22)25-21(28(19)27-20)24-13-15-5-9-17(30-2)10-6-15/h3-11H,12-13H2,1-2H3,(H,23,27)(H,24,25). The lowest BCUT2D eigenvalue weighted by Crippen LogP contribution is -2.08. The Balaban J connectivity index is 1.48. The minimum absolute atomic E-state index is 0.342. The summed E-state index contributed by atoms with van der Waals surface area (Å²) in [4.78, 5) is 8.85. The first kappa shape index (κ1) is 19.8. The van der Waals surface area contributed by atoms with E-state index in [9.17, 15) is 0 Å². The van der Waals surface area contributed by atoms with Crippen molar-refractivity contribution >= 4 is 29.1 Å². The molecule has 0 aliphatic heterocycles. The van der Waals surface area contributed by atoms with E-state index in [2.05, 4.69) is 25.7 Å². The van der Waals surface area contributed by atoms with E-state index in [-0.39, 0.29) is 0 Å². The lowest BCUT2D eigenvalue weighted by Gasteiger charge is -2.08. The lowest BCUT2D eigenvalue weighted by molar-refractivity contribution is 0.414. The molecule has 0 bridgehead atoms. The van der Waals surface area contributed by atoms with E-state index in [1.54, 1.807) is 24.8 Å². The SMILES string of the molecule is COc1ccc(CNc2nc3cc(Cl)nc(NCc4ccc(OC)cc4)n3n2)cc1. The minimum Gasteiger partial charge on any atom is -0.497 e. The second-order valence-electron chi connectivity index (χ2n) is 6.51. The number of ether oxygens (including phenoxy) is 2. The van der Waals surface area contributed by atoms with Crippen molar-refractivity contribution in [3.8, 4) is 11.5 Å². The van der Waals surface area contributed by atoms with Gasteiger partial charge in [0.1, 0.15) is 16.7 Å². The number of hydrogen-bond donors (Lipinski definition) is 2. The van der Waals surface area contributed by atoms with Crippen molar-refractivity contribution < 1.29 is 9.47 Å². The van der Waals surface area contributed by atoms with Gasteiger partial charge in [0.25, 0.3) is 0 Å². The summed E-state index contributed by atoms with van der Waals surface area (Å²) in [5.74, 6) is 2.63. The summed E-state index contributed by atoms with van der Waals surface area (Å²) in [6.07, 6.45) is 0. The molecule has 4 rings (SSSR count). The molecular formula is C21H21ClN6O2. The molecule has 0 amide bonds. The molecule has 0 saturated heterocycles. The van der Waals surface area contributed by atoms with Gasteiger partial charge in [0.05, 0.1) is 14.2 Å². The van der Waals surface area contributed by atoms with Crippen LogP contribution in [-0.4, -0.2) is 33.8 Å². The third-order valence-corrected chi connectivity index (χ3v) is 4.71. The molecule has 154 valence electrons. The van der Waals surface area contributed by atoms with Crippen molar-refractivity contribution in [3.05, 3.63) is 70.9 Å². The smallest absolute Gasteiger partial charge is 0.243 e. The Labute approximate surface area is 178 Å². The fourth-order valence-corrected chi connectivity index (χ4v) is 3.08. The van der Waals surface area contributed by atoms with Gasteiger partial charge < -0.3 is 20.1 Å². The molecule has 2 N–H and O–H groups in total. The third kappa shape index (κ3) is 4.55. The van der Waals surface area contributed by atoms with E-state index in [0.717, 1.165) is 22.6 Å². The zero-order valence-corrected chi connectivity index (χ0v) is 17.3. The monoisotopic (exact) mass is 424 g/mol. The highest BCUT2D eigenvalue weighted by atomic mass is 35.5. The molecule has 2 aromatic heterocycles. The van der Waals surface area contributed by atoms with E-state index in [0.29, 0.717) is 35.8 Å². The number of aromatic nitrogens is 4. The first-order valence-corrected chi connectivity index (χ1v) is 9.69. The van der Waals surface area contributed by atoms with Crippen LogP contribution in [0.2, 0.25) is 5.15 Å². The minimum atomic E-state index is 0.342. The fraction of sp³-hybridized carbons (Fsp3) is 0.190. The number of hydrogen-bond acceptors (Lipinski definition) is 7. The van der Waals surface area contributed by atoms with Gasteiger partial charge >= 0.3 is 0 Å². The molecular weight excluding hydrogens is 404 g/mol. The van der Waals surface area contributed by atoms with E-state index in [1.807, 2.05) is 48.5 Å². The zero-order chi connectivity index (χ0) is 20.9. The van der Waals surface area contributed by atoms with Gasteiger partial charge in [-0.3, -0.25) is 0 Å². The Morgan fingerprint density at radius 2 is 1.40 bits per heavy atom. The molecule has 0 aliphatic carbocycles. The van der Waals surface area contributed by atoms with Crippen molar-refractivity contribution in [1.29, 1.82) is 0 Å². The summed E-state index contributed by atoms with van der Waals surface area (Å²) >= 11 is 6.17. The molecule has 0 atom stereocenters. The Morgan fingerprint density at radius 3 is 1.97 bits per heavy atom. The zero-order valence-electron chi connectivity index (χ0n) is 16.6. The maximum atomic E-state index is 6.17. The highest BCUT2D eigenvalue weighted by Crippen LogP contribution is 2.18. The summed E-state index contributed by atoms with van der Waals surface area (Å²) < 4.78 is 12.0. The Bertz CT molecular complexity index is 1130. The van der Waals surface area contributed by atoms with Gasteiger partial charge in [-0.05, 0) is 35.4 Å². The van der Waals surface area contributed by atoms with Crippen LogP contribution in [0.3, 0.4) is 0 Å². The summed E-state index contributed by atoms with van der Waals surface area (Å²) in [7, 11) is 3.29. The van der Waals surface area contributed by atoms with E-state index in [4.69, 9.17) is 21.1 Å². The molecule has 30 heavy (non-hydrogen) atoms. The Hall–Kier alpha value is -3.52. The second-order valence-corrected chi connectivity index (χ2v) is 6.90. The number of nitrogens with one attached hydrogen (secondary N) is 2. The number of methoxy groups -OCH3 is 2. The second kappa shape index (κ2) is 8.87. The van der Waals surface area contributed by atoms with Gasteiger partial charge in [-0.2, -0.15) is 9.50 Å². The quantitative estimate of drug-likeness (QED) is 0.413.